The molecule has 1 saturated heterocycles. The van der Waals surface area contributed by atoms with Crippen LogP contribution in [0.3, 0.4) is 0 Å². The van der Waals surface area contributed by atoms with Crippen LogP contribution in [-0.2, 0) is 9.47 Å². The lowest BCUT2D eigenvalue weighted by molar-refractivity contribution is 0.0499. The van der Waals surface area contributed by atoms with Crippen molar-refractivity contribution in [2.24, 2.45) is 0 Å². The number of aromatic nitrogens is 2. The highest BCUT2D eigenvalue weighted by Gasteiger charge is 2.16. The highest BCUT2D eigenvalue weighted by atomic mass is 16.5. The van der Waals surface area contributed by atoms with Gasteiger partial charge in [0.05, 0.1) is 25.4 Å². The molecule has 1 amide bonds. The zero-order valence-electron chi connectivity index (χ0n) is 15.9. The van der Waals surface area contributed by atoms with Crippen molar-refractivity contribution in [3.05, 3.63) is 47.9 Å². The monoisotopic (exact) mass is 384 g/mol. The maximum atomic E-state index is 12.5. The number of benzene rings is 1. The molecular weight excluding hydrogens is 360 g/mol. The number of nitrogens with one attached hydrogen (secondary N) is 1. The van der Waals surface area contributed by atoms with Crippen molar-refractivity contribution < 1.29 is 19.1 Å². The van der Waals surface area contributed by atoms with E-state index in [1.54, 1.807) is 30.3 Å². The number of anilines is 2. The lowest BCUT2D eigenvalue weighted by Gasteiger charge is -2.27. The van der Waals surface area contributed by atoms with Gasteiger partial charge in [-0.05, 0) is 30.7 Å². The Morgan fingerprint density at radius 3 is 2.64 bits per heavy atom. The van der Waals surface area contributed by atoms with Crippen LogP contribution in [0.1, 0.15) is 40.6 Å². The molecule has 1 fully saturated rings. The van der Waals surface area contributed by atoms with E-state index < -0.39 is 0 Å². The van der Waals surface area contributed by atoms with E-state index in [1.807, 2.05) is 6.92 Å². The molecule has 8 nitrogen and oxygen atoms in total. The minimum atomic E-state index is -0.364. The van der Waals surface area contributed by atoms with E-state index in [4.69, 9.17) is 9.47 Å². The maximum absolute atomic E-state index is 12.5. The zero-order valence-corrected chi connectivity index (χ0v) is 15.9. The van der Waals surface area contributed by atoms with Gasteiger partial charge in [-0.2, -0.15) is 0 Å². The molecule has 0 bridgehead atoms. The van der Waals surface area contributed by atoms with E-state index in [0.717, 1.165) is 25.9 Å². The molecule has 1 aliphatic rings. The van der Waals surface area contributed by atoms with Gasteiger partial charge in [0, 0.05) is 24.8 Å². The van der Waals surface area contributed by atoms with Crippen LogP contribution in [0, 0.1) is 0 Å². The van der Waals surface area contributed by atoms with Crippen molar-refractivity contribution >= 4 is 23.4 Å². The predicted octanol–water partition coefficient (Wildman–Crippen LogP) is 2.52. The van der Waals surface area contributed by atoms with Crippen molar-refractivity contribution in [3.8, 4) is 0 Å². The van der Waals surface area contributed by atoms with Crippen molar-refractivity contribution in [1.82, 2.24) is 9.97 Å². The number of ether oxygens (including phenoxy) is 2. The van der Waals surface area contributed by atoms with Gasteiger partial charge >= 0.3 is 5.97 Å². The molecule has 3 rings (SSSR count). The summed E-state index contributed by atoms with van der Waals surface area (Å²) in [5.41, 5.74) is 1.30. The first kappa shape index (κ1) is 19.8. The summed E-state index contributed by atoms with van der Waals surface area (Å²) in [6.45, 7) is 5.18. The van der Waals surface area contributed by atoms with Gasteiger partial charge in [0.15, 0.2) is 0 Å². The Morgan fingerprint density at radius 2 is 1.93 bits per heavy atom. The van der Waals surface area contributed by atoms with Crippen molar-refractivity contribution in [2.45, 2.75) is 19.8 Å². The Balaban J connectivity index is 1.60. The van der Waals surface area contributed by atoms with Crippen molar-refractivity contribution in [2.75, 3.05) is 43.1 Å². The Morgan fingerprint density at radius 1 is 1.18 bits per heavy atom. The molecule has 0 radical (unpaired) electrons. The maximum Gasteiger partial charge on any atom is 0.338 e. The first-order chi connectivity index (χ1) is 13.7. The fourth-order valence-corrected chi connectivity index (χ4v) is 2.71. The summed E-state index contributed by atoms with van der Waals surface area (Å²) in [5.74, 6) is 0.00100. The number of nitrogens with zero attached hydrogens (tertiary/aromatic N) is 3. The summed E-state index contributed by atoms with van der Waals surface area (Å²) in [6.07, 6.45) is 3.19. The van der Waals surface area contributed by atoms with Crippen LogP contribution < -0.4 is 10.2 Å². The second-order valence-corrected chi connectivity index (χ2v) is 6.38. The SMILES string of the molecule is CCCCOC(=O)c1ccc(NC(=O)c2cc(N3CCOCC3)ncn2)cc1. The van der Waals surface area contributed by atoms with Gasteiger partial charge < -0.3 is 19.7 Å². The Bertz CT molecular complexity index is 804. The van der Waals surface area contributed by atoms with Crippen LogP contribution in [0.25, 0.3) is 0 Å². The molecule has 1 aliphatic heterocycles. The minimum absolute atomic E-state index is 0.277. The number of esters is 1. The molecule has 1 N–H and O–H groups in total. The highest BCUT2D eigenvalue weighted by molar-refractivity contribution is 6.03. The normalized spacial score (nSPS) is 13.8. The average molecular weight is 384 g/mol. The van der Waals surface area contributed by atoms with Crippen LogP contribution in [0.15, 0.2) is 36.7 Å². The van der Waals surface area contributed by atoms with E-state index in [1.165, 1.54) is 6.33 Å². The largest absolute Gasteiger partial charge is 0.462 e. The third-order valence-corrected chi connectivity index (χ3v) is 4.33. The van der Waals surface area contributed by atoms with Crippen LogP contribution in [0.4, 0.5) is 11.5 Å². The van der Waals surface area contributed by atoms with E-state index >= 15 is 0 Å². The Kier molecular flexibility index (Phi) is 6.91. The third kappa shape index (κ3) is 5.26. The second-order valence-electron chi connectivity index (χ2n) is 6.38. The summed E-state index contributed by atoms with van der Waals surface area (Å²) in [4.78, 5) is 34.8. The first-order valence-corrected chi connectivity index (χ1v) is 9.40. The quantitative estimate of drug-likeness (QED) is 0.579. The third-order valence-electron chi connectivity index (χ3n) is 4.33. The molecular formula is C20H24N4O4. The van der Waals surface area contributed by atoms with Crippen LogP contribution in [-0.4, -0.2) is 54.8 Å². The molecule has 0 aliphatic carbocycles. The first-order valence-electron chi connectivity index (χ1n) is 9.40. The van der Waals surface area contributed by atoms with Crippen molar-refractivity contribution in [3.63, 3.8) is 0 Å². The molecule has 0 saturated carbocycles. The molecule has 1 aromatic heterocycles. The van der Waals surface area contributed by atoms with Crippen molar-refractivity contribution in [1.29, 1.82) is 0 Å². The number of hydrogen-bond donors (Lipinski definition) is 1. The smallest absolute Gasteiger partial charge is 0.338 e. The van der Waals surface area contributed by atoms with Gasteiger partial charge in [0.2, 0.25) is 0 Å². The molecule has 28 heavy (non-hydrogen) atoms. The number of carbonyl (C=O) groups excluding carboxylic acids is 2. The highest BCUT2D eigenvalue weighted by Crippen LogP contribution is 2.15. The Hall–Kier alpha value is -3.00. The topological polar surface area (TPSA) is 93.7 Å². The summed E-state index contributed by atoms with van der Waals surface area (Å²) in [7, 11) is 0. The van der Waals surface area contributed by atoms with Crippen LogP contribution >= 0.6 is 0 Å². The molecule has 2 aromatic rings. The second kappa shape index (κ2) is 9.80. The van der Waals surface area contributed by atoms with E-state index in [2.05, 4.69) is 20.2 Å². The summed E-state index contributed by atoms with van der Waals surface area (Å²) >= 11 is 0. The van der Waals surface area contributed by atoms with Crippen LogP contribution in [0.2, 0.25) is 0 Å². The standard InChI is InChI=1S/C20H24N4O4/c1-2-3-10-28-20(26)15-4-6-16(7-5-15)23-19(25)17-13-18(22-14-21-17)24-8-11-27-12-9-24/h4-7,13-14H,2-3,8-12H2,1H3,(H,23,25). The number of unbranched alkanes of at least 4 members (excludes halogenated alkanes) is 1. The lowest BCUT2D eigenvalue weighted by Crippen LogP contribution is -2.37. The number of amides is 1. The number of morpholine rings is 1. The number of carbonyl (C=O) groups is 2. The fraction of sp³-hybridized carbons (Fsp3) is 0.400. The Labute approximate surface area is 163 Å². The number of hydrogen-bond acceptors (Lipinski definition) is 7. The van der Waals surface area contributed by atoms with Gasteiger partial charge in [-0.15, -0.1) is 0 Å². The molecule has 2 heterocycles. The summed E-state index contributed by atoms with van der Waals surface area (Å²) in [6, 6.07) is 8.25. The van der Waals surface area contributed by atoms with Gasteiger partial charge in [0.25, 0.3) is 5.91 Å². The van der Waals surface area contributed by atoms with Gasteiger partial charge in [-0.3, -0.25) is 4.79 Å². The molecule has 0 atom stereocenters. The molecule has 0 unspecified atom stereocenters. The lowest BCUT2D eigenvalue weighted by atomic mass is 10.2. The molecule has 148 valence electrons. The van der Waals surface area contributed by atoms with E-state index in [0.29, 0.717) is 36.9 Å². The average Bonchev–Trinajstić information content (AvgIpc) is 2.75. The molecule has 0 spiro atoms. The van der Waals surface area contributed by atoms with Gasteiger partial charge in [-0.1, -0.05) is 13.3 Å². The van der Waals surface area contributed by atoms with E-state index in [9.17, 15) is 9.59 Å². The van der Waals surface area contributed by atoms with Crippen LogP contribution in [0.5, 0.6) is 0 Å². The minimum Gasteiger partial charge on any atom is -0.462 e. The molecule has 8 heteroatoms. The van der Waals surface area contributed by atoms with Gasteiger partial charge in [-0.25, -0.2) is 14.8 Å². The fourth-order valence-electron chi connectivity index (χ4n) is 2.71. The zero-order chi connectivity index (χ0) is 19.8. The summed E-state index contributed by atoms with van der Waals surface area (Å²) < 4.78 is 10.5. The molecule has 1 aromatic carbocycles. The number of rotatable bonds is 7. The predicted molar refractivity (Wildman–Crippen MR) is 105 cm³/mol. The van der Waals surface area contributed by atoms with Gasteiger partial charge in [0.1, 0.15) is 17.8 Å². The summed E-state index contributed by atoms with van der Waals surface area (Å²) in [5, 5.41) is 2.78. The van der Waals surface area contributed by atoms with E-state index in [-0.39, 0.29) is 17.6 Å².